The van der Waals surface area contributed by atoms with Crippen LogP contribution in [0.25, 0.3) is 10.4 Å². The van der Waals surface area contributed by atoms with Crippen molar-refractivity contribution in [3.05, 3.63) is 77.2 Å². The molecule has 9 nitrogen and oxygen atoms in total. The third-order valence-electron chi connectivity index (χ3n) is 5.37. The lowest BCUT2D eigenvalue weighted by Gasteiger charge is -2.18. The molecule has 4 aromatic rings. The first-order chi connectivity index (χ1) is 17.4. The molecule has 0 spiro atoms. The number of benzene rings is 1. The molecule has 12 heteroatoms. The topological polar surface area (TPSA) is 135 Å². The van der Waals surface area contributed by atoms with E-state index < -0.39 is 23.1 Å². The lowest BCUT2D eigenvalue weighted by atomic mass is 9.96. The molecular formula is C25H24F2N6O3S. The molecule has 0 radical (unpaired) electrons. The second kappa shape index (κ2) is 10.1. The first-order valence-electron chi connectivity index (χ1n) is 11.1. The van der Waals surface area contributed by atoms with Crippen molar-refractivity contribution in [3.63, 3.8) is 0 Å². The van der Waals surface area contributed by atoms with Gasteiger partial charge in [0.25, 0.3) is 5.91 Å². The fraction of sp³-hybridized carbons (Fsp3) is 0.200. The molecule has 0 unspecified atom stereocenters. The van der Waals surface area contributed by atoms with Crippen LogP contribution in [0.1, 0.15) is 35.5 Å². The number of aliphatic hydroxyl groups is 1. The van der Waals surface area contributed by atoms with Gasteiger partial charge in [-0.05, 0) is 49.7 Å². The first kappa shape index (κ1) is 25.9. The summed E-state index contributed by atoms with van der Waals surface area (Å²) in [6.07, 6.45) is 3.16. The standard InChI is InChI=1S/C25H24F2N6O3S/c1-25(2,36)13-7-17(26)22(18(27)8-13)19-10-16(23(28)35)24(37-19)32-20-6-4-5-14(30-20)9-21(34)31-15-11-29-33(3)12-15/h4-8,10-12,36H,9H2,1-3H3,(H2,28,35)(H,30,32)(H,31,34). The Bertz CT molecular complexity index is 1470. The predicted molar refractivity (Wildman–Crippen MR) is 136 cm³/mol. The van der Waals surface area contributed by atoms with E-state index in [1.165, 1.54) is 26.1 Å². The van der Waals surface area contributed by atoms with E-state index in [2.05, 4.69) is 20.7 Å². The zero-order chi connectivity index (χ0) is 26.9. The summed E-state index contributed by atoms with van der Waals surface area (Å²) in [5.74, 6) is -2.57. The first-order valence-corrected chi connectivity index (χ1v) is 11.9. The number of nitrogens with one attached hydrogen (secondary N) is 2. The molecular weight excluding hydrogens is 502 g/mol. The second-order valence-electron chi connectivity index (χ2n) is 8.86. The molecule has 4 rings (SSSR count). The Morgan fingerprint density at radius 2 is 1.89 bits per heavy atom. The number of hydrogen-bond acceptors (Lipinski definition) is 7. The number of thiophene rings is 1. The van der Waals surface area contributed by atoms with Gasteiger partial charge in [0, 0.05) is 18.1 Å². The molecule has 192 valence electrons. The van der Waals surface area contributed by atoms with Crippen molar-refractivity contribution in [3.8, 4) is 10.4 Å². The molecule has 1 aromatic carbocycles. The van der Waals surface area contributed by atoms with Crippen molar-refractivity contribution < 1.29 is 23.5 Å². The summed E-state index contributed by atoms with van der Waals surface area (Å²) < 4.78 is 31.3. The number of primary amides is 1. The van der Waals surface area contributed by atoms with E-state index in [1.54, 1.807) is 36.1 Å². The number of rotatable bonds is 8. The molecule has 3 heterocycles. The molecule has 37 heavy (non-hydrogen) atoms. The Labute approximate surface area is 215 Å². The minimum Gasteiger partial charge on any atom is -0.386 e. The zero-order valence-corrected chi connectivity index (χ0v) is 21.0. The molecule has 5 N–H and O–H groups in total. The maximum Gasteiger partial charge on any atom is 0.251 e. The smallest absolute Gasteiger partial charge is 0.251 e. The third kappa shape index (κ3) is 5.98. The summed E-state index contributed by atoms with van der Waals surface area (Å²) in [7, 11) is 1.73. The van der Waals surface area contributed by atoms with Gasteiger partial charge in [-0.15, -0.1) is 11.3 Å². The highest BCUT2D eigenvalue weighted by Crippen LogP contribution is 2.40. The van der Waals surface area contributed by atoms with E-state index in [1.807, 2.05) is 0 Å². The van der Waals surface area contributed by atoms with Gasteiger partial charge in [-0.1, -0.05) is 6.07 Å². The summed E-state index contributed by atoms with van der Waals surface area (Å²) in [5, 5.41) is 20.0. The van der Waals surface area contributed by atoms with Crippen LogP contribution in [0, 0.1) is 11.6 Å². The zero-order valence-electron chi connectivity index (χ0n) is 20.2. The molecule has 0 atom stereocenters. The summed E-state index contributed by atoms with van der Waals surface area (Å²) in [6.45, 7) is 2.84. The Morgan fingerprint density at radius 3 is 2.49 bits per heavy atom. The van der Waals surface area contributed by atoms with Crippen LogP contribution in [0.15, 0.2) is 48.8 Å². The van der Waals surface area contributed by atoms with Crippen molar-refractivity contribution in [1.29, 1.82) is 0 Å². The Morgan fingerprint density at radius 1 is 1.19 bits per heavy atom. The lowest BCUT2D eigenvalue weighted by molar-refractivity contribution is -0.115. The van der Waals surface area contributed by atoms with Crippen molar-refractivity contribution in [2.24, 2.45) is 12.8 Å². The summed E-state index contributed by atoms with van der Waals surface area (Å²) >= 11 is 0.918. The Hall–Kier alpha value is -4.16. The van der Waals surface area contributed by atoms with E-state index in [-0.39, 0.29) is 38.9 Å². The summed E-state index contributed by atoms with van der Waals surface area (Å²) in [4.78, 5) is 29.0. The number of amides is 2. The molecule has 0 saturated heterocycles. The van der Waals surface area contributed by atoms with Gasteiger partial charge in [0.1, 0.15) is 22.5 Å². The highest BCUT2D eigenvalue weighted by molar-refractivity contribution is 7.20. The van der Waals surface area contributed by atoms with Crippen molar-refractivity contribution >= 4 is 39.7 Å². The van der Waals surface area contributed by atoms with E-state index in [9.17, 15) is 23.5 Å². The maximum absolute atomic E-state index is 14.9. The highest BCUT2D eigenvalue weighted by Gasteiger charge is 2.24. The van der Waals surface area contributed by atoms with Gasteiger partial charge in [-0.3, -0.25) is 14.3 Å². The van der Waals surface area contributed by atoms with Gasteiger partial charge in [0.2, 0.25) is 5.91 Å². The van der Waals surface area contributed by atoms with E-state index in [0.717, 1.165) is 23.5 Å². The molecule has 2 amide bonds. The average Bonchev–Trinajstić information content (AvgIpc) is 3.38. The van der Waals surface area contributed by atoms with Crippen LogP contribution in [-0.2, 0) is 23.9 Å². The molecule has 0 aliphatic heterocycles. The molecule has 0 bridgehead atoms. The summed E-state index contributed by atoms with van der Waals surface area (Å²) in [5.41, 5.74) is 4.82. The van der Waals surface area contributed by atoms with Gasteiger partial charge in [0.15, 0.2) is 0 Å². The maximum atomic E-state index is 14.9. The molecule has 0 aliphatic carbocycles. The predicted octanol–water partition coefficient (Wildman–Crippen LogP) is 4.07. The second-order valence-corrected chi connectivity index (χ2v) is 9.91. The SMILES string of the molecule is Cn1cc(NC(=O)Cc2cccc(Nc3sc(-c4c(F)cc(C(C)(C)O)cc4F)cc3C(N)=O)n2)cn1. The molecule has 0 fully saturated rings. The number of nitrogens with two attached hydrogens (primary N) is 1. The highest BCUT2D eigenvalue weighted by atomic mass is 32.1. The number of anilines is 3. The van der Waals surface area contributed by atoms with Crippen LogP contribution in [0.4, 0.5) is 25.3 Å². The number of aryl methyl sites for hydroxylation is 1. The van der Waals surface area contributed by atoms with Crippen molar-refractivity contribution in [1.82, 2.24) is 14.8 Å². The minimum atomic E-state index is -1.44. The normalized spacial score (nSPS) is 11.4. The lowest BCUT2D eigenvalue weighted by Crippen LogP contribution is -2.16. The summed E-state index contributed by atoms with van der Waals surface area (Å²) in [6, 6.07) is 8.36. The molecule has 3 aromatic heterocycles. The van der Waals surface area contributed by atoms with Gasteiger partial charge < -0.3 is 21.5 Å². The third-order valence-corrected chi connectivity index (χ3v) is 6.44. The van der Waals surface area contributed by atoms with Crippen LogP contribution >= 0.6 is 11.3 Å². The number of nitrogens with zero attached hydrogens (tertiary/aromatic N) is 3. The number of carbonyl (C=O) groups excluding carboxylic acids is 2. The Balaban J connectivity index is 1.59. The van der Waals surface area contributed by atoms with Gasteiger partial charge >= 0.3 is 0 Å². The quantitative estimate of drug-likeness (QED) is 0.273. The van der Waals surface area contributed by atoms with Crippen LogP contribution in [0.3, 0.4) is 0 Å². The van der Waals surface area contributed by atoms with Crippen molar-refractivity contribution in [2.45, 2.75) is 25.9 Å². The number of aromatic nitrogens is 3. The minimum absolute atomic E-state index is 0.0203. The number of halogens is 2. The fourth-order valence-corrected chi connectivity index (χ4v) is 4.69. The van der Waals surface area contributed by atoms with Crippen molar-refractivity contribution in [2.75, 3.05) is 10.6 Å². The largest absolute Gasteiger partial charge is 0.386 e. The van der Waals surface area contributed by atoms with Gasteiger partial charge in [0.05, 0.1) is 40.7 Å². The molecule has 0 saturated carbocycles. The number of pyridine rings is 1. The van der Waals surface area contributed by atoms with Crippen LogP contribution in [0.5, 0.6) is 0 Å². The fourth-order valence-electron chi connectivity index (χ4n) is 3.57. The van der Waals surface area contributed by atoms with E-state index in [4.69, 9.17) is 5.73 Å². The van der Waals surface area contributed by atoms with E-state index >= 15 is 0 Å². The monoisotopic (exact) mass is 526 g/mol. The van der Waals surface area contributed by atoms with Crippen LogP contribution in [-0.4, -0.2) is 31.7 Å². The van der Waals surface area contributed by atoms with Crippen LogP contribution < -0.4 is 16.4 Å². The average molecular weight is 527 g/mol. The number of carbonyl (C=O) groups is 2. The van der Waals surface area contributed by atoms with Crippen LogP contribution in [0.2, 0.25) is 0 Å². The Kier molecular flexibility index (Phi) is 7.05. The van der Waals surface area contributed by atoms with Gasteiger partial charge in [-0.25, -0.2) is 13.8 Å². The van der Waals surface area contributed by atoms with E-state index in [0.29, 0.717) is 17.2 Å². The number of hydrogen-bond donors (Lipinski definition) is 4. The molecule has 0 aliphatic rings. The van der Waals surface area contributed by atoms with Gasteiger partial charge in [-0.2, -0.15) is 5.10 Å².